The van der Waals surface area contributed by atoms with Crippen molar-refractivity contribution >= 4 is 29.1 Å². The highest BCUT2D eigenvalue weighted by molar-refractivity contribution is 6.51. The number of hydrogen-bond acceptors (Lipinski definition) is 6. The average Bonchev–Trinajstić information content (AvgIpc) is 3.13. The van der Waals surface area contributed by atoms with Crippen molar-refractivity contribution in [2.45, 2.75) is 46.3 Å². The lowest BCUT2D eigenvalue weighted by Gasteiger charge is -2.26. The first-order valence-electron chi connectivity index (χ1n) is 12.1. The Morgan fingerprint density at radius 2 is 1.65 bits per heavy atom. The Labute approximate surface area is 215 Å². The van der Waals surface area contributed by atoms with Crippen molar-refractivity contribution in [1.82, 2.24) is 0 Å². The normalized spacial score (nSPS) is 16.8. The Morgan fingerprint density at radius 1 is 0.973 bits per heavy atom. The summed E-state index contributed by atoms with van der Waals surface area (Å²) in [5.41, 5.74) is 2.52. The molecule has 1 fully saturated rings. The van der Waals surface area contributed by atoms with Crippen molar-refractivity contribution in [3.63, 3.8) is 0 Å². The number of aliphatic hydroxyl groups is 1. The standard InChI is InChI=1S/C30H29NO6/c1-5-20-9-13-23(14-10-20)31-27(21-11-15-24(16-12-21)37-19(4)32)26(29(34)30(31)35)28(33)22-7-6-8-25(17-22)36-18(2)3/h6-18,27,33H,5H2,1-4H3/b28-26-. The molecule has 7 nitrogen and oxygen atoms in total. The molecule has 1 aliphatic rings. The van der Waals surface area contributed by atoms with Gasteiger partial charge in [0.1, 0.15) is 17.3 Å². The molecule has 3 aromatic rings. The highest BCUT2D eigenvalue weighted by Gasteiger charge is 2.47. The van der Waals surface area contributed by atoms with Crippen LogP contribution in [0.2, 0.25) is 0 Å². The van der Waals surface area contributed by atoms with Gasteiger partial charge in [0.25, 0.3) is 11.7 Å². The molecule has 3 aromatic carbocycles. The van der Waals surface area contributed by atoms with Gasteiger partial charge in [-0.05, 0) is 67.8 Å². The van der Waals surface area contributed by atoms with E-state index in [1.807, 2.05) is 32.9 Å². The molecule has 0 aliphatic carbocycles. The number of carbonyl (C=O) groups excluding carboxylic acids is 3. The largest absolute Gasteiger partial charge is 0.507 e. The molecule has 190 valence electrons. The Hall–Kier alpha value is -4.39. The fourth-order valence-corrected chi connectivity index (χ4v) is 4.33. The van der Waals surface area contributed by atoms with E-state index in [2.05, 4.69) is 0 Å². The second-order valence-electron chi connectivity index (χ2n) is 9.05. The van der Waals surface area contributed by atoms with Gasteiger partial charge in [0.15, 0.2) is 0 Å². The number of ketones is 1. The average molecular weight is 500 g/mol. The first-order chi connectivity index (χ1) is 17.7. The van der Waals surface area contributed by atoms with Gasteiger partial charge in [-0.3, -0.25) is 19.3 Å². The van der Waals surface area contributed by atoms with Crippen LogP contribution in [0.4, 0.5) is 5.69 Å². The number of benzene rings is 3. The number of hydrogen-bond donors (Lipinski definition) is 1. The van der Waals surface area contributed by atoms with Crippen LogP contribution in [0.15, 0.2) is 78.4 Å². The van der Waals surface area contributed by atoms with Gasteiger partial charge in [0, 0.05) is 18.2 Å². The first kappa shape index (κ1) is 25.7. The summed E-state index contributed by atoms with van der Waals surface area (Å²) in [5, 5.41) is 11.4. The molecular formula is C30H29NO6. The Bertz CT molecular complexity index is 1360. The molecule has 7 heteroatoms. The van der Waals surface area contributed by atoms with E-state index in [1.165, 1.54) is 11.8 Å². The highest BCUT2D eigenvalue weighted by Crippen LogP contribution is 2.42. The summed E-state index contributed by atoms with van der Waals surface area (Å²) in [7, 11) is 0. The molecule has 0 radical (unpaired) electrons. The molecular weight excluding hydrogens is 470 g/mol. The molecule has 0 saturated carbocycles. The summed E-state index contributed by atoms with van der Waals surface area (Å²) >= 11 is 0. The van der Waals surface area contributed by atoms with Crippen LogP contribution in [-0.4, -0.2) is 28.9 Å². The van der Waals surface area contributed by atoms with E-state index in [9.17, 15) is 19.5 Å². The topological polar surface area (TPSA) is 93.1 Å². The maximum absolute atomic E-state index is 13.4. The maximum Gasteiger partial charge on any atom is 0.308 e. The summed E-state index contributed by atoms with van der Waals surface area (Å²) < 4.78 is 10.9. The lowest BCUT2D eigenvalue weighted by molar-refractivity contribution is -0.132. The SMILES string of the molecule is CCc1ccc(N2C(=O)C(=O)/C(=C(\O)c3cccc(OC(C)C)c3)C2c2ccc(OC(C)=O)cc2)cc1. The third-order valence-corrected chi connectivity index (χ3v) is 6.00. The van der Waals surface area contributed by atoms with Crippen LogP contribution in [0.25, 0.3) is 5.76 Å². The van der Waals surface area contributed by atoms with E-state index >= 15 is 0 Å². The minimum Gasteiger partial charge on any atom is -0.507 e. The molecule has 1 N–H and O–H groups in total. The van der Waals surface area contributed by atoms with Crippen LogP contribution in [0, 0.1) is 0 Å². The van der Waals surface area contributed by atoms with Crippen molar-refractivity contribution in [3.05, 3.63) is 95.1 Å². The minimum absolute atomic E-state index is 0.0356. The number of anilines is 1. The van der Waals surface area contributed by atoms with Crippen LogP contribution in [0.1, 0.15) is 50.4 Å². The number of rotatable bonds is 7. The summed E-state index contributed by atoms with van der Waals surface area (Å²) in [5.74, 6) is -1.42. The zero-order chi connectivity index (χ0) is 26.7. The lowest BCUT2D eigenvalue weighted by Crippen LogP contribution is -2.29. The summed E-state index contributed by atoms with van der Waals surface area (Å²) in [6, 6.07) is 19.8. The van der Waals surface area contributed by atoms with E-state index < -0.39 is 23.7 Å². The molecule has 0 spiro atoms. The summed E-state index contributed by atoms with van der Waals surface area (Å²) in [4.78, 5) is 39.5. The van der Waals surface area contributed by atoms with Gasteiger partial charge in [0.2, 0.25) is 0 Å². The third kappa shape index (κ3) is 5.40. The van der Waals surface area contributed by atoms with Crippen LogP contribution in [0.3, 0.4) is 0 Å². The Balaban J connectivity index is 1.87. The lowest BCUT2D eigenvalue weighted by atomic mass is 9.95. The third-order valence-electron chi connectivity index (χ3n) is 6.00. The van der Waals surface area contributed by atoms with Crippen LogP contribution < -0.4 is 14.4 Å². The first-order valence-corrected chi connectivity index (χ1v) is 12.1. The van der Waals surface area contributed by atoms with Gasteiger partial charge in [-0.1, -0.05) is 43.3 Å². The van der Waals surface area contributed by atoms with Crippen molar-refractivity contribution in [2.75, 3.05) is 4.90 Å². The smallest absolute Gasteiger partial charge is 0.308 e. The molecule has 1 atom stereocenters. The van der Waals surface area contributed by atoms with Gasteiger partial charge in [-0.25, -0.2) is 0 Å². The molecule has 1 unspecified atom stereocenters. The zero-order valence-electron chi connectivity index (χ0n) is 21.2. The molecule has 1 aliphatic heterocycles. The van der Waals surface area contributed by atoms with Gasteiger partial charge >= 0.3 is 5.97 Å². The quantitative estimate of drug-likeness (QED) is 0.150. The fourth-order valence-electron chi connectivity index (χ4n) is 4.33. The van der Waals surface area contributed by atoms with Crippen LogP contribution in [0.5, 0.6) is 11.5 Å². The van der Waals surface area contributed by atoms with Crippen molar-refractivity contribution < 1.29 is 29.0 Å². The van der Waals surface area contributed by atoms with E-state index in [4.69, 9.17) is 9.47 Å². The number of aliphatic hydroxyl groups excluding tert-OH is 1. The second kappa shape index (κ2) is 10.7. The number of amides is 1. The molecule has 1 heterocycles. The minimum atomic E-state index is -0.895. The van der Waals surface area contributed by atoms with E-state index in [1.54, 1.807) is 60.7 Å². The van der Waals surface area contributed by atoms with Gasteiger partial charge in [0.05, 0.1) is 17.7 Å². The predicted molar refractivity (Wildman–Crippen MR) is 141 cm³/mol. The van der Waals surface area contributed by atoms with Crippen LogP contribution >= 0.6 is 0 Å². The molecule has 37 heavy (non-hydrogen) atoms. The Morgan fingerprint density at radius 3 is 2.24 bits per heavy atom. The number of Topliss-reactive ketones (excluding diaryl/α,β-unsaturated/α-hetero) is 1. The number of aryl methyl sites for hydroxylation is 1. The molecule has 1 amide bonds. The van der Waals surface area contributed by atoms with Gasteiger partial charge in [-0.2, -0.15) is 0 Å². The van der Waals surface area contributed by atoms with Crippen molar-refractivity contribution in [2.24, 2.45) is 0 Å². The van der Waals surface area contributed by atoms with E-state index in [0.29, 0.717) is 28.3 Å². The molecule has 1 saturated heterocycles. The second-order valence-corrected chi connectivity index (χ2v) is 9.05. The number of ether oxygens (including phenoxy) is 2. The fraction of sp³-hybridized carbons (Fsp3) is 0.233. The van der Waals surface area contributed by atoms with Crippen LogP contribution in [-0.2, 0) is 20.8 Å². The predicted octanol–water partition coefficient (Wildman–Crippen LogP) is 5.59. The number of esters is 1. The van der Waals surface area contributed by atoms with Crippen molar-refractivity contribution in [1.29, 1.82) is 0 Å². The van der Waals surface area contributed by atoms with E-state index in [0.717, 1.165) is 12.0 Å². The van der Waals surface area contributed by atoms with Gasteiger partial charge in [-0.15, -0.1) is 0 Å². The van der Waals surface area contributed by atoms with Gasteiger partial charge < -0.3 is 14.6 Å². The monoisotopic (exact) mass is 499 g/mol. The van der Waals surface area contributed by atoms with E-state index in [-0.39, 0.29) is 17.4 Å². The Kier molecular flexibility index (Phi) is 7.43. The zero-order valence-corrected chi connectivity index (χ0v) is 21.2. The van der Waals surface area contributed by atoms with Crippen molar-refractivity contribution in [3.8, 4) is 11.5 Å². The highest BCUT2D eigenvalue weighted by atomic mass is 16.5. The molecule has 0 aromatic heterocycles. The summed E-state index contributed by atoms with van der Waals surface area (Å²) in [6.07, 6.45) is 0.749. The molecule has 4 rings (SSSR count). The summed E-state index contributed by atoms with van der Waals surface area (Å²) in [6.45, 7) is 7.12. The molecule has 0 bridgehead atoms. The number of carbonyl (C=O) groups is 3. The maximum atomic E-state index is 13.4. The number of nitrogens with zero attached hydrogens (tertiary/aromatic N) is 1.